The van der Waals surface area contributed by atoms with Gasteiger partial charge in [0.05, 0.1) is 24.0 Å². The fraction of sp³-hybridized carbons (Fsp3) is 0.250. The van der Waals surface area contributed by atoms with E-state index in [1.807, 2.05) is 0 Å². The number of aryl methyl sites for hydroxylation is 2. The van der Waals surface area contributed by atoms with E-state index in [0.717, 1.165) is 12.1 Å². The third kappa shape index (κ3) is 3.28. The van der Waals surface area contributed by atoms with Crippen molar-refractivity contribution < 1.29 is 22.7 Å². The molecule has 118 valence electrons. The van der Waals surface area contributed by atoms with Gasteiger partial charge in [0.15, 0.2) is 5.82 Å². The second kappa shape index (κ2) is 5.81. The lowest BCUT2D eigenvalue weighted by Crippen LogP contribution is -2.25. The van der Waals surface area contributed by atoms with Crippen molar-refractivity contribution in [1.82, 2.24) is 19.7 Å². The highest BCUT2D eigenvalue weighted by Crippen LogP contribution is 2.20. The Hall–Kier alpha value is -2.33. The van der Waals surface area contributed by atoms with Gasteiger partial charge in [0.1, 0.15) is 4.90 Å². The van der Waals surface area contributed by atoms with Crippen molar-refractivity contribution in [2.24, 2.45) is 7.05 Å². The van der Waals surface area contributed by atoms with E-state index in [1.165, 1.54) is 17.9 Å². The lowest BCUT2D eigenvalue weighted by molar-refractivity contribution is 0.0691. The minimum Gasteiger partial charge on any atom is -0.478 e. The van der Waals surface area contributed by atoms with Crippen LogP contribution in [0.3, 0.4) is 0 Å². The molecule has 0 aliphatic carbocycles. The van der Waals surface area contributed by atoms with Crippen LogP contribution < -0.4 is 4.72 Å². The average Bonchev–Trinajstić information content (AvgIpc) is 2.84. The van der Waals surface area contributed by atoms with Crippen LogP contribution in [0.2, 0.25) is 0 Å². The van der Waals surface area contributed by atoms with Crippen molar-refractivity contribution in [2.45, 2.75) is 18.4 Å². The summed E-state index contributed by atoms with van der Waals surface area (Å²) in [5, 5.41) is 16.6. The van der Waals surface area contributed by atoms with Crippen LogP contribution >= 0.6 is 0 Å². The Balaban J connectivity index is 2.35. The third-order valence-electron chi connectivity index (χ3n) is 2.79. The number of carbonyl (C=O) groups is 1. The van der Waals surface area contributed by atoms with Gasteiger partial charge in [-0.25, -0.2) is 22.3 Å². The monoisotopic (exact) mass is 328 g/mol. The van der Waals surface area contributed by atoms with Gasteiger partial charge < -0.3 is 5.11 Å². The molecule has 22 heavy (non-hydrogen) atoms. The molecule has 0 amide bonds. The number of aromatic nitrogens is 3. The van der Waals surface area contributed by atoms with Crippen molar-refractivity contribution in [2.75, 3.05) is 0 Å². The number of benzene rings is 1. The molecule has 1 aromatic heterocycles. The Morgan fingerprint density at radius 1 is 1.45 bits per heavy atom. The highest BCUT2D eigenvalue weighted by atomic mass is 32.2. The first-order chi connectivity index (χ1) is 10.2. The molecule has 0 radical (unpaired) electrons. The van der Waals surface area contributed by atoms with Gasteiger partial charge in [-0.2, -0.15) is 15.0 Å². The van der Waals surface area contributed by atoms with Crippen molar-refractivity contribution in [3.8, 4) is 0 Å². The molecule has 0 saturated carbocycles. The van der Waals surface area contributed by atoms with Crippen LogP contribution in [-0.4, -0.2) is 34.5 Å². The SMILES string of the molecule is Cc1cc(C(=O)O)c(F)c(S(=O)(=O)NCc2cnn(C)n2)c1. The normalized spacial score (nSPS) is 11.6. The van der Waals surface area contributed by atoms with Crippen LogP contribution in [0.15, 0.2) is 23.2 Å². The van der Waals surface area contributed by atoms with Gasteiger partial charge >= 0.3 is 5.97 Å². The topological polar surface area (TPSA) is 114 Å². The number of aromatic carboxylic acids is 1. The summed E-state index contributed by atoms with van der Waals surface area (Å²) in [5.74, 6) is -2.84. The van der Waals surface area contributed by atoms with E-state index in [0.29, 0.717) is 11.3 Å². The van der Waals surface area contributed by atoms with Gasteiger partial charge in [-0.05, 0) is 24.6 Å². The smallest absolute Gasteiger partial charge is 0.338 e. The van der Waals surface area contributed by atoms with Gasteiger partial charge in [-0.1, -0.05) is 0 Å². The summed E-state index contributed by atoms with van der Waals surface area (Å²) in [6.07, 6.45) is 1.36. The molecule has 0 fully saturated rings. The molecule has 1 heterocycles. The summed E-state index contributed by atoms with van der Waals surface area (Å²) in [7, 11) is -2.66. The lowest BCUT2D eigenvalue weighted by atomic mass is 10.1. The van der Waals surface area contributed by atoms with E-state index in [1.54, 1.807) is 7.05 Å². The molecule has 0 spiro atoms. The molecule has 0 bridgehead atoms. The fourth-order valence-electron chi connectivity index (χ4n) is 1.80. The molecule has 2 aromatic rings. The van der Waals surface area contributed by atoms with Crippen LogP contribution in [0.1, 0.15) is 21.6 Å². The minimum atomic E-state index is -4.22. The first kappa shape index (κ1) is 16.0. The predicted octanol–water partition coefficient (Wildman–Crippen LogP) is 0.439. The predicted molar refractivity (Wildman–Crippen MR) is 73.1 cm³/mol. The van der Waals surface area contributed by atoms with E-state index in [4.69, 9.17) is 5.11 Å². The van der Waals surface area contributed by atoms with Gasteiger partial charge in [0.2, 0.25) is 10.0 Å². The summed E-state index contributed by atoms with van der Waals surface area (Å²) >= 11 is 0. The van der Waals surface area contributed by atoms with Crippen LogP contribution in [0, 0.1) is 12.7 Å². The number of carboxylic acids is 1. The highest BCUT2D eigenvalue weighted by molar-refractivity contribution is 7.89. The Morgan fingerprint density at radius 3 is 2.68 bits per heavy atom. The van der Waals surface area contributed by atoms with Crippen molar-refractivity contribution in [3.63, 3.8) is 0 Å². The van der Waals surface area contributed by atoms with Crippen molar-refractivity contribution in [1.29, 1.82) is 0 Å². The summed E-state index contributed by atoms with van der Waals surface area (Å²) in [4.78, 5) is 11.5. The lowest BCUT2D eigenvalue weighted by Gasteiger charge is -2.09. The van der Waals surface area contributed by atoms with Crippen LogP contribution in [0.25, 0.3) is 0 Å². The minimum absolute atomic E-state index is 0.189. The van der Waals surface area contributed by atoms with Crippen LogP contribution in [0.4, 0.5) is 4.39 Å². The zero-order chi connectivity index (χ0) is 16.5. The molecule has 2 rings (SSSR count). The number of carboxylic acid groups (broad SMARTS) is 1. The molecule has 10 heteroatoms. The Bertz CT molecular complexity index is 832. The van der Waals surface area contributed by atoms with Crippen molar-refractivity contribution >= 4 is 16.0 Å². The van der Waals surface area contributed by atoms with Crippen LogP contribution in [-0.2, 0) is 23.6 Å². The molecule has 1 aromatic carbocycles. The Labute approximate surface area is 125 Å². The number of sulfonamides is 1. The number of rotatable bonds is 5. The summed E-state index contributed by atoms with van der Waals surface area (Å²) < 4.78 is 40.6. The second-order valence-electron chi connectivity index (χ2n) is 4.58. The van der Waals surface area contributed by atoms with Gasteiger partial charge in [0.25, 0.3) is 0 Å². The zero-order valence-electron chi connectivity index (χ0n) is 11.7. The third-order valence-corrected chi connectivity index (χ3v) is 4.19. The largest absolute Gasteiger partial charge is 0.478 e. The Kier molecular flexibility index (Phi) is 4.24. The average molecular weight is 328 g/mol. The maximum atomic E-state index is 14.1. The maximum Gasteiger partial charge on any atom is 0.338 e. The number of nitrogens with one attached hydrogen (secondary N) is 1. The summed E-state index contributed by atoms with van der Waals surface area (Å²) in [5.41, 5.74) is -0.0313. The van der Waals surface area contributed by atoms with E-state index < -0.39 is 32.3 Å². The van der Waals surface area contributed by atoms with E-state index in [2.05, 4.69) is 14.9 Å². The fourth-order valence-corrected chi connectivity index (χ4v) is 2.98. The van der Waals surface area contributed by atoms with E-state index >= 15 is 0 Å². The molecule has 0 saturated heterocycles. The Morgan fingerprint density at radius 2 is 2.14 bits per heavy atom. The molecule has 2 N–H and O–H groups in total. The zero-order valence-corrected chi connectivity index (χ0v) is 12.6. The van der Waals surface area contributed by atoms with Gasteiger partial charge in [-0.15, -0.1) is 0 Å². The van der Waals surface area contributed by atoms with E-state index in [-0.39, 0.29) is 6.54 Å². The van der Waals surface area contributed by atoms with Gasteiger partial charge in [-0.3, -0.25) is 0 Å². The second-order valence-corrected chi connectivity index (χ2v) is 6.32. The first-order valence-electron chi connectivity index (χ1n) is 6.09. The number of hydrogen-bond acceptors (Lipinski definition) is 5. The number of halogens is 1. The molecule has 0 aliphatic rings. The standard InChI is InChI=1S/C12H13FN4O4S/c1-7-3-9(12(18)19)11(13)10(4-7)22(20,21)15-6-8-5-14-17(2)16-8/h3-5,15H,6H2,1-2H3,(H,18,19). The van der Waals surface area contributed by atoms with Crippen LogP contribution in [0.5, 0.6) is 0 Å². The first-order valence-corrected chi connectivity index (χ1v) is 7.57. The molecule has 0 atom stereocenters. The molecule has 8 nitrogen and oxygen atoms in total. The number of nitrogens with zero attached hydrogens (tertiary/aromatic N) is 3. The quantitative estimate of drug-likeness (QED) is 0.823. The summed E-state index contributed by atoms with van der Waals surface area (Å²) in [6, 6.07) is 2.14. The maximum absolute atomic E-state index is 14.1. The number of hydrogen-bond donors (Lipinski definition) is 2. The van der Waals surface area contributed by atoms with E-state index in [9.17, 15) is 17.6 Å². The molecule has 0 unspecified atom stereocenters. The van der Waals surface area contributed by atoms with Crippen molar-refractivity contribution in [3.05, 3.63) is 41.0 Å². The van der Waals surface area contributed by atoms with Gasteiger partial charge in [0, 0.05) is 7.05 Å². The molecular weight excluding hydrogens is 315 g/mol. The summed E-state index contributed by atoms with van der Waals surface area (Å²) in [6.45, 7) is 1.29. The highest BCUT2D eigenvalue weighted by Gasteiger charge is 2.24. The molecular formula is C12H13FN4O4S. The molecule has 0 aliphatic heterocycles.